The smallest absolute Gasteiger partial charge is 0.243 e. The van der Waals surface area contributed by atoms with Crippen molar-refractivity contribution in [2.75, 3.05) is 11.9 Å². The summed E-state index contributed by atoms with van der Waals surface area (Å²) in [4.78, 5) is 17.4. The lowest BCUT2D eigenvalue weighted by Crippen LogP contribution is -2.37. The zero-order valence-corrected chi connectivity index (χ0v) is 14.9. The summed E-state index contributed by atoms with van der Waals surface area (Å²) in [5, 5.41) is 8.52. The molecule has 28 heavy (non-hydrogen) atoms. The van der Waals surface area contributed by atoms with Gasteiger partial charge in [0, 0.05) is 28.9 Å². The van der Waals surface area contributed by atoms with E-state index in [1.807, 2.05) is 65.5 Å². The Labute approximate surface area is 160 Å². The number of benzene rings is 2. The van der Waals surface area contributed by atoms with Gasteiger partial charge in [-0.1, -0.05) is 24.3 Å². The lowest BCUT2D eigenvalue weighted by atomic mass is 9.77. The first-order valence-electron chi connectivity index (χ1n) is 9.19. The summed E-state index contributed by atoms with van der Waals surface area (Å²) in [5.41, 5.74) is 3.85. The molecule has 1 N–H and O–H groups in total. The molecule has 0 saturated carbocycles. The molecule has 6 nitrogen and oxygen atoms in total. The summed E-state index contributed by atoms with van der Waals surface area (Å²) in [6, 6.07) is 17.7. The van der Waals surface area contributed by atoms with Crippen molar-refractivity contribution in [1.82, 2.24) is 14.8 Å². The van der Waals surface area contributed by atoms with Crippen LogP contribution < -0.4 is 10.1 Å². The summed E-state index contributed by atoms with van der Waals surface area (Å²) >= 11 is 0. The van der Waals surface area contributed by atoms with E-state index in [2.05, 4.69) is 15.4 Å². The van der Waals surface area contributed by atoms with Crippen molar-refractivity contribution < 1.29 is 9.53 Å². The largest absolute Gasteiger partial charge is 0.491 e. The molecule has 0 fully saturated rings. The van der Waals surface area contributed by atoms with Crippen LogP contribution in [0.15, 0.2) is 67.0 Å². The zero-order chi connectivity index (χ0) is 18.7. The summed E-state index contributed by atoms with van der Waals surface area (Å²) in [5.74, 6) is 0.704. The molecule has 2 aromatic carbocycles. The number of pyridine rings is 1. The first-order valence-corrected chi connectivity index (χ1v) is 9.19. The molecule has 1 amide bonds. The third-order valence-corrected chi connectivity index (χ3v) is 5.71. The lowest BCUT2D eigenvalue weighted by molar-refractivity contribution is -0.119. The van der Waals surface area contributed by atoms with Crippen LogP contribution in [0, 0.1) is 0 Å². The Balaban J connectivity index is 1.50. The molecule has 1 spiro atoms. The summed E-state index contributed by atoms with van der Waals surface area (Å²) in [7, 11) is 0. The standard InChI is InChI=1S/C22H16N4O2/c27-21-22(16-6-1-2-7-18(16)25-21)13-28-20-10-19-14(9-17(20)22)11-24-26(19)12-15-5-3-4-8-23-15/h1-11H,12-13H2,(H,25,27). The summed E-state index contributed by atoms with van der Waals surface area (Å²) in [6.45, 7) is 0.892. The number of ether oxygens (including phenoxy) is 1. The normalized spacial score (nSPS) is 19.5. The third-order valence-electron chi connectivity index (χ3n) is 5.71. The van der Waals surface area contributed by atoms with Crippen LogP contribution >= 0.6 is 0 Å². The Morgan fingerprint density at radius 3 is 2.89 bits per heavy atom. The van der Waals surface area contributed by atoms with Gasteiger partial charge < -0.3 is 10.1 Å². The third kappa shape index (κ3) is 1.94. The fourth-order valence-electron chi connectivity index (χ4n) is 4.32. The molecule has 1 unspecified atom stereocenters. The second-order valence-electron chi connectivity index (χ2n) is 7.22. The summed E-state index contributed by atoms with van der Waals surface area (Å²) < 4.78 is 7.94. The number of amides is 1. The average Bonchev–Trinajstić information content (AvgIpc) is 3.38. The maximum absolute atomic E-state index is 13.0. The Morgan fingerprint density at radius 2 is 2.00 bits per heavy atom. The quantitative estimate of drug-likeness (QED) is 0.590. The van der Waals surface area contributed by atoms with Gasteiger partial charge in [0.1, 0.15) is 17.8 Å². The molecule has 136 valence electrons. The maximum Gasteiger partial charge on any atom is 0.243 e. The van der Waals surface area contributed by atoms with Gasteiger partial charge in [-0.15, -0.1) is 0 Å². The number of rotatable bonds is 2. The molecule has 4 heterocycles. The Hall–Kier alpha value is -3.67. The van der Waals surface area contributed by atoms with Crippen LogP contribution in [-0.4, -0.2) is 27.3 Å². The van der Waals surface area contributed by atoms with Gasteiger partial charge in [0.15, 0.2) is 0 Å². The van der Waals surface area contributed by atoms with E-state index in [1.54, 1.807) is 6.20 Å². The molecular weight excluding hydrogens is 352 g/mol. The summed E-state index contributed by atoms with van der Waals surface area (Å²) in [6.07, 6.45) is 3.62. The van der Waals surface area contributed by atoms with E-state index >= 15 is 0 Å². The molecular formula is C22H16N4O2. The second-order valence-corrected chi connectivity index (χ2v) is 7.22. The predicted molar refractivity (Wildman–Crippen MR) is 104 cm³/mol. The van der Waals surface area contributed by atoms with Crippen LogP contribution in [-0.2, 0) is 16.8 Å². The number of carbonyl (C=O) groups excluding carboxylic acids is 1. The number of nitrogens with one attached hydrogen (secondary N) is 1. The number of nitrogens with zero attached hydrogens (tertiary/aromatic N) is 3. The van der Waals surface area contributed by atoms with Crippen molar-refractivity contribution in [3.63, 3.8) is 0 Å². The molecule has 4 aromatic rings. The highest BCUT2D eigenvalue weighted by atomic mass is 16.5. The SMILES string of the molecule is O=C1Nc2ccccc2C12COc1cc3c(cnn3Cc3ccccn3)cc12. The highest BCUT2D eigenvalue weighted by Crippen LogP contribution is 2.50. The van der Waals surface area contributed by atoms with E-state index in [-0.39, 0.29) is 5.91 Å². The molecule has 0 bridgehead atoms. The molecule has 0 radical (unpaired) electrons. The van der Waals surface area contributed by atoms with Crippen molar-refractivity contribution in [2.24, 2.45) is 0 Å². The lowest BCUT2D eigenvalue weighted by Gasteiger charge is -2.20. The zero-order valence-electron chi connectivity index (χ0n) is 14.9. The Kier molecular flexibility index (Phi) is 2.98. The van der Waals surface area contributed by atoms with Gasteiger partial charge in [-0.2, -0.15) is 5.10 Å². The molecule has 2 aliphatic heterocycles. The van der Waals surface area contributed by atoms with E-state index in [0.717, 1.165) is 39.2 Å². The minimum absolute atomic E-state index is 0.0346. The van der Waals surface area contributed by atoms with Crippen LogP contribution in [0.3, 0.4) is 0 Å². The van der Waals surface area contributed by atoms with Crippen LogP contribution in [0.2, 0.25) is 0 Å². The first kappa shape index (κ1) is 15.4. The van der Waals surface area contributed by atoms with Crippen molar-refractivity contribution >= 4 is 22.5 Å². The highest BCUT2D eigenvalue weighted by molar-refractivity contribution is 6.10. The Morgan fingerprint density at radius 1 is 1.11 bits per heavy atom. The minimum Gasteiger partial charge on any atom is -0.491 e. The van der Waals surface area contributed by atoms with E-state index < -0.39 is 5.41 Å². The van der Waals surface area contributed by atoms with Crippen LogP contribution in [0.1, 0.15) is 16.8 Å². The number of anilines is 1. The molecule has 6 heteroatoms. The maximum atomic E-state index is 13.0. The van der Waals surface area contributed by atoms with Crippen LogP contribution in [0.25, 0.3) is 10.9 Å². The number of para-hydroxylation sites is 1. The topological polar surface area (TPSA) is 69.0 Å². The molecule has 1 atom stereocenters. The molecule has 0 aliphatic carbocycles. The number of hydrogen-bond acceptors (Lipinski definition) is 4. The van der Waals surface area contributed by atoms with Crippen LogP contribution in [0.5, 0.6) is 5.75 Å². The minimum atomic E-state index is -0.788. The van der Waals surface area contributed by atoms with E-state index in [1.165, 1.54) is 0 Å². The second kappa shape index (κ2) is 5.42. The molecule has 0 saturated heterocycles. The monoisotopic (exact) mass is 368 g/mol. The Bertz CT molecular complexity index is 1250. The average molecular weight is 368 g/mol. The van der Waals surface area contributed by atoms with E-state index in [0.29, 0.717) is 13.2 Å². The first-order chi connectivity index (χ1) is 13.8. The molecule has 2 aromatic heterocycles. The van der Waals surface area contributed by atoms with Crippen molar-refractivity contribution in [2.45, 2.75) is 12.0 Å². The molecule has 2 aliphatic rings. The van der Waals surface area contributed by atoms with Crippen molar-refractivity contribution in [3.8, 4) is 5.75 Å². The molecule has 6 rings (SSSR count). The number of hydrogen-bond donors (Lipinski definition) is 1. The predicted octanol–water partition coefficient (Wildman–Crippen LogP) is 3.11. The van der Waals surface area contributed by atoms with Gasteiger partial charge in [0.25, 0.3) is 0 Å². The van der Waals surface area contributed by atoms with Gasteiger partial charge in [-0.3, -0.25) is 14.5 Å². The van der Waals surface area contributed by atoms with Crippen LogP contribution in [0.4, 0.5) is 5.69 Å². The van der Waals surface area contributed by atoms with E-state index in [9.17, 15) is 4.79 Å². The number of carbonyl (C=O) groups is 1. The number of aromatic nitrogens is 3. The van der Waals surface area contributed by atoms with Gasteiger partial charge in [-0.05, 0) is 29.8 Å². The van der Waals surface area contributed by atoms with Crippen molar-refractivity contribution in [1.29, 1.82) is 0 Å². The van der Waals surface area contributed by atoms with Crippen molar-refractivity contribution in [3.05, 3.63) is 83.8 Å². The fourth-order valence-corrected chi connectivity index (χ4v) is 4.32. The number of fused-ring (bicyclic) bond motifs is 5. The van der Waals surface area contributed by atoms with Gasteiger partial charge in [0.05, 0.1) is 24.0 Å². The van der Waals surface area contributed by atoms with Gasteiger partial charge >= 0.3 is 0 Å². The highest BCUT2D eigenvalue weighted by Gasteiger charge is 2.53. The fraction of sp³-hybridized carbons (Fsp3) is 0.136. The van der Waals surface area contributed by atoms with E-state index in [4.69, 9.17) is 4.74 Å². The van der Waals surface area contributed by atoms with Gasteiger partial charge in [0.2, 0.25) is 5.91 Å². The van der Waals surface area contributed by atoms with Gasteiger partial charge in [-0.25, -0.2) is 0 Å².